The third-order valence-electron chi connectivity index (χ3n) is 4.12. The summed E-state index contributed by atoms with van der Waals surface area (Å²) in [7, 11) is -1.30. The SMILES string of the molecule is CC(C)CN(CC(C)C)C(=O)CN(C)CCCOc1cccc(S(C)(=O)=O)c1. The van der Waals surface area contributed by atoms with Gasteiger partial charge in [-0.3, -0.25) is 9.69 Å². The van der Waals surface area contributed by atoms with E-state index in [1.54, 1.807) is 18.2 Å². The molecule has 0 N–H and O–H groups in total. The van der Waals surface area contributed by atoms with E-state index in [1.807, 2.05) is 16.8 Å². The maximum atomic E-state index is 12.6. The van der Waals surface area contributed by atoms with Crippen molar-refractivity contribution in [2.75, 3.05) is 46.1 Å². The lowest BCUT2D eigenvalue weighted by Gasteiger charge is -2.28. The minimum atomic E-state index is -3.24. The minimum absolute atomic E-state index is 0.159. The van der Waals surface area contributed by atoms with Crippen molar-refractivity contribution in [3.63, 3.8) is 0 Å². The molecule has 0 unspecified atom stereocenters. The monoisotopic (exact) mass is 412 g/mol. The molecular weight excluding hydrogens is 376 g/mol. The molecule has 0 atom stereocenters. The Bertz CT molecular complexity index is 707. The summed E-state index contributed by atoms with van der Waals surface area (Å²) in [5.41, 5.74) is 0. The molecule has 160 valence electrons. The Morgan fingerprint density at radius 2 is 1.71 bits per heavy atom. The second-order valence-corrected chi connectivity index (χ2v) is 10.3. The standard InChI is InChI=1S/C21H36N2O4S/c1-17(2)14-23(15-18(3)4)21(24)16-22(5)11-8-12-27-19-9-7-10-20(13-19)28(6,25)26/h7,9-10,13,17-18H,8,11-12,14-16H2,1-6H3. The van der Waals surface area contributed by atoms with Gasteiger partial charge in [-0.25, -0.2) is 8.42 Å². The fourth-order valence-corrected chi connectivity index (χ4v) is 3.54. The molecule has 0 bridgehead atoms. The Morgan fingerprint density at radius 3 is 2.25 bits per heavy atom. The molecule has 0 spiro atoms. The Balaban J connectivity index is 2.43. The highest BCUT2D eigenvalue weighted by Gasteiger charge is 2.17. The largest absolute Gasteiger partial charge is 0.494 e. The predicted octanol–water partition coefficient (Wildman–Crippen LogP) is 2.93. The van der Waals surface area contributed by atoms with Gasteiger partial charge in [-0.05, 0) is 43.5 Å². The van der Waals surface area contributed by atoms with Crippen LogP contribution in [0.25, 0.3) is 0 Å². The summed E-state index contributed by atoms with van der Waals surface area (Å²) in [6.07, 6.45) is 1.93. The van der Waals surface area contributed by atoms with Crippen LogP contribution >= 0.6 is 0 Å². The number of amides is 1. The molecular formula is C21H36N2O4S. The molecule has 0 heterocycles. The molecule has 1 amide bonds. The van der Waals surface area contributed by atoms with E-state index in [-0.39, 0.29) is 10.8 Å². The van der Waals surface area contributed by atoms with Gasteiger partial charge in [-0.1, -0.05) is 33.8 Å². The zero-order valence-electron chi connectivity index (χ0n) is 18.1. The van der Waals surface area contributed by atoms with Gasteiger partial charge in [0.05, 0.1) is 18.0 Å². The van der Waals surface area contributed by atoms with E-state index in [4.69, 9.17) is 4.74 Å². The second kappa shape index (κ2) is 11.4. The van der Waals surface area contributed by atoms with Crippen LogP contribution in [0.15, 0.2) is 29.2 Å². The molecule has 0 aliphatic heterocycles. The van der Waals surface area contributed by atoms with Crippen LogP contribution in [0.4, 0.5) is 0 Å². The Labute approximate surface area is 170 Å². The zero-order valence-corrected chi connectivity index (χ0v) is 19.0. The van der Waals surface area contributed by atoms with Crippen molar-refractivity contribution in [2.45, 2.75) is 39.0 Å². The number of benzene rings is 1. The quantitative estimate of drug-likeness (QED) is 0.494. The van der Waals surface area contributed by atoms with Gasteiger partial charge < -0.3 is 9.64 Å². The second-order valence-electron chi connectivity index (χ2n) is 8.27. The third kappa shape index (κ3) is 9.55. The Kier molecular flexibility index (Phi) is 9.96. The number of rotatable bonds is 12. The van der Waals surface area contributed by atoms with Gasteiger partial charge >= 0.3 is 0 Å². The maximum Gasteiger partial charge on any atom is 0.236 e. The smallest absolute Gasteiger partial charge is 0.236 e. The van der Waals surface area contributed by atoms with Crippen molar-refractivity contribution in [3.8, 4) is 5.75 Å². The first kappa shape index (κ1) is 24.4. The molecule has 1 aromatic rings. The van der Waals surface area contributed by atoms with Crippen LogP contribution in [-0.4, -0.2) is 70.2 Å². The molecule has 6 nitrogen and oxygen atoms in total. The highest BCUT2D eigenvalue weighted by atomic mass is 32.2. The van der Waals surface area contributed by atoms with Crippen molar-refractivity contribution in [1.82, 2.24) is 9.80 Å². The van der Waals surface area contributed by atoms with Gasteiger partial charge in [0.15, 0.2) is 9.84 Å². The first-order valence-electron chi connectivity index (χ1n) is 9.88. The summed E-state index contributed by atoms with van der Waals surface area (Å²) in [6.45, 7) is 11.7. The zero-order chi connectivity index (χ0) is 21.3. The summed E-state index contributed by atoms with van der Waals surface area (Å²) >= 11 is 0. The number of nitrogens with zero attached hydrogens (tertiary/aromatic N) is 2. The Morgan fingerprint density at radius 1 is 1.11 bits per heavy atom. The fourth-order valence-electron chi connectivity index (χ4n) is 2.89. The van der Waals surface area contributed by atoms with Crippen molar-refractivity contribution >= 4 is 15.7 Å². The lowest BCUT2D eigenvalue weighted by atomic mass is 10.1. The highest BCUT2D eigenvalue weighted by Crippen LogP contribution is 2.17. The Hall–Kier alpha value is -1.60. The first-order valence-corrected chi connectivity index (χ1v) is 11.8. The van der Waals surface area contributed by atoms with Gasteiger partial charge in [0.2, 0.25) is 5.91 Å². The third-order valence-corrected chi connectivity index (χ3v) is 5.23. The number of carbonyl (C=O) groups is 1. The lowest BCUT2D eigenvalue weighted by molar-refractivity contribution is -0.133. The van der Waals surface area contributed by atoms with Crippen LogP contribution in [-0.2, 0) is 14.6 Å². The summed E-state index contributed by atoms with van der Waals surface area (Å²) < 4.78 is 28.9. The summed E-state index contributed by atoms with van der Waals surface area (Å²) in [4.78, 5) is 16.8. The van der Waals surface area contributed by atoms with E-state index in [1.165, 1.54) is 12.3 Å². The lowest BCUT2D eigenvalue weighted by Crippen LogP contribution is -2.42. The van der Waals surface area contributed by atoms with Gasteiger partial charge in [-0.15, -0.1) is 0 Å². The van der Waals surface area contributed by atoms with Crippen LogP contribution in [0.1, 0.15) is 34.1 Å². The highest BCUT2D eigenvalue weighted by molar-refractivity contribution is 7.90. The van der Waals surface area contributed by atoms with Gasteiger partial charge in [0, 0.05) is 25.9 Å². The van der Waals surface area contributed by atoms with Crippen LogP contribution in [0.5, 0.6) is 5.75 Å². The number of carbonyl (C=O) groups excluding carboxylic acids is 1. The van der Waals surface area contributed by atoms with E-state index in [0.717, 1.165) is 26.1 Å². The van der Waals surface area contributed by atoms with Crippen LogP contribution in [0.2, 0.25) is 0 Å². The van der Waals surface area contributed by atoms with Gasteiger partial charge in [-0.2, -0.15) is 0 Å². The van der Waals surface area contributed by atoms with Crippen molar-refractivity contribution in [1.29, 1.82) is 0 Å². The summed E-state index contributed by atoms with van der Waals surface area (Å²) in [5, 5.41) is 0. The number of likely N-dealkylation sites (N-methyl/N-ethyl adjacent to an activating group) is 1. The molecule has 0 fully saturated rings. The van der Waals surface area contributed by atoms with Crippen LogP contribution < -0.4 is 4.74 Å². The number of hydrogen-bond acceptors (Lipinski definition) is 5. The molecule has 0 aliphatic carbocycles. The van der Waals surface area contributed by atoms with Crippen molar-refractivity contribution in [3.05, 3.63) is 24.3 Å². The van der Waals surface area contributed by atoms with Crippen LogP contribution in [0, 0.1) is 11.8 Å². The average Bonchev–Trinajstić information content (AvgIpc) is 2.57. The molecule has 0 radical (unpaired) electrons. The van der Waals surface area contributed by atoms with Crippen molar-refractivity contribution < 1.29 is 17.9 Å². The molecule has 7 heteroatoms. The molecule has 0 saturated heterocycles. The molecule has 0 aliphatic rings. The molecule has 0 aromatic heterocycles. The van der Waals surface area contributed by atoms with Gasteiger partial charge in [0.1, 0.15) is 5.75 Å². The fraction of sp³-hybridized carbons (Fsp3) is 0.667. The van der Waals surface area contributed by atoms with Gasteiger partial charge in [0.25, 0.3) is 0 Å². The summed E-state index contributed by atoms with van der Waals surface area (Å²) in [6, 6.07) is 6.52. The van der Waals surface area contributed by atoms with Crippen molar-refractivity contribution in [2.24, 2.45) is 11.8 Å². The molecule has 1 rings (SSSR count). The number of sulfone groups is 1. The summed E-state index contributed by atoms with van der Waals surface area (Å²) in [5.74, 6) is 1.60. The van der Waals surface area contributed by atoms with E-state index < -0.39 is 9.84 Å². The number of ether oxygens (including phenoxy) is 1. The van der Waals surface area contributed by atoms with Crippen LogP contribution in [0.3, 0.4) is 0 Å². The van der Waals surface area contributed by atoms with E-state index >= 15 is 0 Å². The number of hydrogen-bond donors (Lipinski definition) is 0. The molecule has 1 aromatic carbocycles. The first-order chi connectivity index (χ1) is 13.0. The molecule has 0 saturated carbocycles. The maximum absolute atomic E-state index is 12.6. The average molecular weight is 413 g/mol. The minimum Gasteiger partial charge on any atom is -0.494 e. The van der Waals surface area contributed by atoms with E-state index in [2.05, 4.69) is 27.7 Å². The normalized spacial score (nSPS) is 12.0. The van der Waals surface area contributed by atoms with E-state index in [0.29, 0.717) is 30.7 Å². The predicted molar refractivity (Wildman–Crippen MR) is 113 cm³/mol. The molecule has 28 heavy (non-hydrogen) atoms. The topological polar surface area (TPSA) is 66.9 Å². The van der Waals surface area contributed by atoms with E-state index in [9.17, 15) is 13.2 Å².